The maximum Gasteiger partial charge on any atom is 0.276 e. The van der Waals surface area contributed by atoms with Crippen LogP contribution in [0, 0.1) is 22.5 Å². The second-order valence-corrected chi connectivity index (χ2v) is 10.1. The number of hydrogen-bond acceptors (Lipinski definition) is 7. The average molecular weight is 537 g/mol. The lowest BCUT2D eigenvalue weighted by molar-refractivity contribution is 0.102. The van der Waals surface area contributed by atoms with Crippen LogP contribution in [0.15, 0.2) is 47.3 Å². The predicted octanol–water partition coefficient (Wildman–Crippen LogP) is 4.13. The summed E-state index contributed by atoms with van der Waals surface area (Å²) < 4.78 is 33.9. The average Bonchev–Trinajstić information content (AvgIpc) is 3.28. The lowest BCUT2D eigenvalue weighted by atomic mass is 10.1. The van der Waals surface area contributed by atoms with Crippen LogP contribution in [0.3, 0.4) is 0 Å². The number of nitrogens with two attached hydrogens (primary N) is 1. The third kappa shape index (κ3) is 5.53. The third-order valence-corrected chi connectivity index (χ3v) is 7.36. The number of rotatable bonds is 5. The summed E-state index contributed by atoms with van der Waals surface area (Å²) in [5.41, 5.74) is 6.77. The van der Waals surface area contributed by atoms with Crippen LogP contribution in [-0.4, -0.2) is 48.2 Å². The van der Waals surface area contributed by atoms with Crippen LogP contribution < -0.4 is 21.5 Å². The number of ether oxygens (including phenoxy) is 1. The standard InChI is InChI=1S/C24H22F2N6O2.C4H8O/c25-15-2-1-3-16(26)22(15)32-20(33)7-6-19(30-32)23(34)29-18-5-4-17(28)14(12-27)21(18)31-11-10-24(13-31)8-9-24;1-2-4-5-3-1/h1-7,12,27H,8-11,13,28H2,(H,29,34);1-4H2. The summed E-state index contributed by atoms with van der Waals surface area (Å²) in [5, 5.41) is 14.6. The van der Waals surface area contributed by atoms with E-state index in [1.807, 2.05) is 0 Å². The van der Waals surface area contributed by atoms with E-state index < -0.39 is 28.8 Å². The minimum absolute atomic E-state index is 0.207. The first kappa shape index (κ1) is 26.5. The number of para-hydroxylation sites is 1. The summed E-state index contributed by atoms with van der Waals surface area (Å²) >= 11 is 0. The fourth-order valence-electron chi connectivity index (χ4n) is 5.01. The van der Waals surface area contributed by atoms with Crippen molar-refractivity contribution in [2.75, 3.05) is 42.3 Å². The van der Waals surface area contributed by atoms with Gasteiger partial charge in [-0.1, -0.05) is 6.07 Å². The number of carbonyl (C=O) groups excluding carboxylic acids is 1. The first-order valence-corrected chi connectivity index (χ1v) is 12.9. The van der Waals surface area contributed by atoms with E-state index in [0.29, 0.717) is 32.7 Å². The van der Waals surface area contributed by atoms with Gasteiger partial charge in [-0.05, 0) is 67.9 Å². The summed E-state index contributed by atoms with van der Waals surface area (Å²) in [4.78, 5) is 27.5. The number of halogens is 2. The Morgan fingerprint density at radius 3 is 2.36 bits per heavy atom. The molecule has 39 heavy (non-hydrogen) atoms. The van der Waals surface area contributed by atoms with Gasteiger partial charge >= 0.3 is 0 Å². The van der Waals surface area contributed by atoms with Crippen LogP contribution >= 0.6 is 0 Å². The van der Waals surface area contributed by atoms with Gasteiger partial charge in [-0.2, -0.15) is 9.78 Å². The second-order valence-electron chi connectivity index (χ2n) is 10.1. The number of nitrogen functional groups attached to an aromatic ring is 1. The van der Waals surface area contributed by atoms with Crippen LogP contribution in [0.25, 0.3) is 5.69 Å². The topological polar surface area (TPSA) is 126 Å². The van der Waals surface area contributed by atoms with E-state index in [1.54, 1.807) is 12.1 Å². The second kappa shape index (κ2) is 10.9. The van der Waals surface area contributed by atoms with Gasteiger partial charge in [0.1, 0.15) is 11.4 Å². The van der Waals surface area contributed by atoms with Gasteiger partial charge in [0.2, 0.25) is 0 Å². The van der Waals surface area contributed by atoms with Crippen molar-refractivity contribution in [1.82, 2.24) is 9.78 Å². The van der Waals surface area contributed by atoms with E-state index in [-0.39, 0.29) is 5.69 Å². The molecule has 3 heterocycles. The molecule has 3 aliphatic rings. The van der Waals surface area contributed by atoms with Crippen molar-refractivity contribution in [2.45, 2.75) is 32.1 Å². The number of nitrogens with one attached hydrogen (secondary N) is 2. The molecule has 2 aromatic carbocycles. The molecule has 1 spiro atoms. The predicted molar refractivity (Wildman–Crippen MR) is 145 cm³/mol. The highest BCUT2D eigenvalue weighted by atomic mass is 19.1. The Morgan fingerprint density at radius 1 is 1.05 bits per heavy atom. The Kier molecular flexibility index (Phi) is 7.42. The van der Waals surface area contributed by atoms with Crippen molar-refractivity contribution >= 4 is 29.2 Å². The molecule has 0 atom stereocenters. The molecule has 9 nitrogen and oxygen atoms in total. The summed E-state index contributed by atoms with van der Waals surface area (Å²) in [5.74, 6) is -2.63. The van der Waals surface area contributed by atoms with Crippen molar-refractivity contribution < 1.29 is 18.3 Å². The molecule has 0 radical (unpaired) electrons. The van der Waals surface area contributed by atoms with Crippen molar-refractivity contribution in [1.29, 1.82) is 5.41 Å². The highest BCUT2D eigenvalue weighted by Crippen LogP contribution is 2.54. The summed E-state index contributed by atoms with van der Waals surface area (Å²) in [6.07, 6.45) is 7.07. The van der Waals surface area contributed by atoms with E-state index in [1.165, 1.54) is 25.0 Å². The van der Waals surface area contributed by atoms with Crippen LogP contribution in [0.2, 0.25) is 0 Å². The lowest BCUT2D eigenvalue weighted by Gasteiger charge is -2.25. The molecule has 1 aromatic heterocycles. The highest BCUT2D eigenvalue weighted by molar-refractivity contribution is 6.07. The molecule has 1 aliphatic carbocycles. The van der Waals surface area contributed by atoms with E-state index in [2.05, 4.69) is 15.3 Å². The van der Waals surface area contributed by atoms with Gasteiger partial charge in [-0.3, -0.25) is 9.59 Å². The minimum Gasteiger partial charge on any atom is -0.398 e. The monoisotopic (exact) mass is 536 g/mol. The molecule has 2 aliphatic heterocycles. The highest BCUT2D eigenvalue weighted by Gasteiger charge is 2.48. The van der Waals surface area contributed by atoms with Gasteiger partial charge in [0, 0.05) is 49.8 Å². The number of aromatic nitrogens is 2. The Bertz CT molecular complexity index is 1440. The van der Waals surface area contributed by atoms with Crippen molar-refractivity contribution in [3.63, 3.8) is 0 Å². The van der Waals surface area contributed by atoms with Crippen LogP contribution in [0.5, 0.6) is 0 Å². The van der Waals surface area contributed by atoms with E-state index in [9.17, 15) is 18.4 Å². The van der Waals surface area contributed by atoms with Crippen LogP contribution in [0.4, 0.5) is 25.8 Å². The Labute approximate surface area is 224 Å². The molecular formula is C28H30F2N6O3. The SMILES string of the molecule is C1CCOC1.N=Cc1c(N)ccc(NC(=O)c2ccc(=O)n(-c3c(F)cccc3F)n2)c1N1CCC2(CC2)C1. The first-order chi connectivity index (χ1) is 18.8. The van der Waals surface area contributed by atoms with Crippen molar-refractivity contribution in [3.05, 3.63) is 75.7 Å². The molecule has 6 rings (SSSR count). The van der Waals surface area contributed by atoms with E-state index in [0.717, 1.165) is 70.0 Å². The molecule has 204 valence electrons. The summed E-state index contributed by atoms with van der Waals surface area (Å²) in [7, 11) is 0. The number of hydrogen-bond donors (Lipinski definition) is 3. The van der Waals surface area contributed by atoms with Crippen LogP contribution in [0.1, 0.15) is 48.2 Å². The zero-order valence-corrected chi connectivity index (χ0v) is 21.4. The quantitative estimate of drug-likeness (QED) is 0.333. The fourth-order valence-corrected chi connectivity index (χ4v) is 5.01. The van der Waals surface area contributed by atoms with Gasteiger partial charge in [0.15, 0.2) is 11.6 Å². The largest absolute Gasteiger partial charge is 0.398 e. The van der Waals surface area contributed by atoms with Gasteiger partial charge in [0.05, 0.1) is 11.4 Å². The lowest BCUT2D eigenvalue weighted by Crippen LogP contribution is -2.27. The van der Waals surface area contributed by atoms with Crippen LogP contribution in [-0.2, 0) is 4.74 Å². The molecule has 0 bridgehead atoms. The van der Waals surface area contributed by atoms with Gasteiger partial charge in [0.25, 0.3) is 11.5 Å². The third-order valence-electron chi connectivity index (χ3n) is 7.36. The van der Waals surface area contributed by atoms with E-state index in [4.69, 9.17) is 15.9 Å². The number of benzene rings is 2. The van der Waals surface area contributed by atoms with Gasteiger partial charge in [-0.15, -0.1) is 0 Å². The molecule has 2 saturated heterocycles. The van der Waals surface area contributed by atoms with Gasteiger partial charge in [-0.25, -0.2) is 8.78 Å². The smallest absolute Gasteiger partial charge is 0.276 e. The Morgan fingerprint density at radius 2 is 1.77 bits per heavy atom. The summed E-state index contributed by atoms with van der Waals surface area (Å²) in [6, 6.07) is 8.65. The Balaban J connectivity index is 0.000000555. The number of carbonyl (C=O) groups is 1. The molecule has 0 unspecified atom stereocenters. The Hall–Kier alpha value is -4.12. The fraction of sp³-hybridized carbons (Fsp3) is 0.357. The molecular weight excluding hydrogens is 506 g/mol. The van der Waals surface area contributed by atoms with Crippen molar-refractivity contribution in [2.24, 2.45) is 5.41 Å². The molecule has 1 saturated carbocycles. The molecule has 4 N–H and O–H groups in total. The van der Waals surface area contributed by atoms with Crippen molar-refractivity contribution in [3.8, 4) is 5.69 Å². The summed E-state index contributed by atoms with van der Waals surface area (Å²) in [6.45, 7) is 3.60. The maximum atomic E-state index is 14.2. The number of amides is 1. The van der Waals surface area contributed by atoms with Gasteiger partial charge < -0.3 is 26.1 Å². The number of anilines is 3. The van der Waals surface area contributed by atoms with E-state index >= 15 is 0 Å². The maximum absolute atomic E-state index is 14.2. The zero-order valence-electron chi connectivity index (χ0n) is 21.4. The molecule has 3 aromatic rings. The number of nitrogens with zero attached hydrogens (tertiary/aromatic N) is 3. The molecule has 11 heteroatoms. The molecule has 1 amide bonds. The normalized spacial score (nSPS) is 17.0. The zero-order chi connectivity index (χ0) is 27.6. The first-order valence-electron chi connectivity index (χ1n) is 12.9. The molecule has 3 fully saturated rings. The minimum atomic E-state index is -0.980.